The van der Waals surface area contributed by atoms with Crippen molar-refractivity contribution in [3.8, 4) is 0 Å². The van der Waals surface area contributed by atoms with E-state index >= 15 is 0 Å². The Balaban J connectivity index is 0. The second-order valence-electron chi connectivity index (χ2n) is 5.70. The zero-order valence-corrected chi connectivity index (χ0v) is 15.8. The molecule has 2 aliphatic carbocycles. The van der Waals surface area contributed by atoms with Gasteiger partial charge in [0.1, 0.15) is 0 Å². The molecule has 0 saturated carbocycles. The fraction of sp³-hybridized carbons (Fsp3) is 0.789. The Kier molecular flexibility index (Phi) is 12.4. The molecular weight excluding hydrogens is 304 g/mol. The van der Waals surface area contributed by atoms with E-state index in [1.807, 2.05) is 41.5 Å². The molecule has 0 unspecified atom stereocenters. The molecule has 0 radical (unpaired) electrons. The van der Waals surface area contributed by atoms with E-state index in [1.165, 1.54) is 0 Å². The molecule has 0 heterocycles. The molecule has 4 heteroatoms. The predicted molar refractivity (Wildman–Crippen MR) is 92.4 cm³/mol. The van der Waals surface area contributed by atoms with Gasteiger partial charge in [-0.05, 0) is 33.6 Å². The Hall–Kier alpha value is -0.800. The summed E-state index contributed by atoms with van der Waals surface area (Å²) in [6.07, 6.45) is 2.75. The monoisotopic (exact) mass is 338 g/mol. The second kappa shape index (κ2) is 11.7. The Morgan fingerprint density at radius 3 is 1.52 bits per heavy atom. The van der Waals surface area contributed by atoms with Crippen LogP contribution in [-0.4, -0.2) is 11.8 Å². The lowest BCUT2D eigenvalue weighted by molar-refractivity contribution is -0.0120. The first-order valence-electron chi connectivity index (χ1n) is 8.68. The Bertz CT molecular complexity index is 379. The fourth-order valence-corrected chi connectivity index (χ4v) is 2.12. The lowest BCUT2D eigenvalue weighted by atomic mass is 9.91. The van der Waals surface area contributed by atoms with Gasteiger partial charge in [0.25, 0.3) is 11.8 Å². The molecule has 0 N–H and O–H groups in total. The minimum absolute atomic E-state index is 0.0289. The molecule has 0 amide bonds. The van der Waals surface area contributed by atoms with Crippen molar-refractivity contribution in [2.24, 2.45) is 0 Å². The fourth-order valence-electron chi connectivity index (χ4n) is 2.12. The van der Waals surface area contributed by atoms with E-state index < -0.39 is 11.8 Å². The summed E-state index contributed by atoms with van der Waals surface area (Å²) in [5, 5.41) is 0. The van der Waals surface area contributed by atoms with Gasteiger partial charge in [0.2, 0.25) is 0 Å². The molecule has 2 aliphatic rings. The molecule has 0 saturated heterocycles. The van der Waals surface area contributed by atoms with Crippen molar-refractivity contribution in [2.75, 3.05) is 0 Å². The smallest absolute Gasteiger partial charge is 0.207 e. The minimum Gasteiger partial charge on any atom is -0.207 e. The summed E-state index contributed by atoms with van der Waals surface area (Å²) in [6.45, 7) is 13.6. The molecule has 0 fully saturated rings. The lowest BCUT2D eigenvalue weighted by Crippen LogP contribution is -2.20. The highest BCUT2D eigenvalue weighted by atomic mass is 19.3. The zero-order chi connectivity index (χ0) is 18.7. The van der Waals surface area contributed by atoms with Crippen LogP contribution in [0, 0.1) is 0 Å². The average Bonchev–Trinajstić information content (AvgIpc) is 2.51. The maximum atomic E-state index is 12.6. The lowest BCUT2D eigenvalue weighted by Gasteiger charge is -2.23. The zero-order valence-electron chi connectivity index (χ0n) is 15.8. The van der Waals surface area contributed by atoms with Crippen LogP contribution >= 0.6 is 0 Å². The number of alkyl halides is 4. The summed E-state index contributed by atoms with van der Waals surface area (Å²) in [4.78, 5) is 0. The first kappa shape index (κ1) is 24.5. The normalized spacial score (nSPS) is 21.4. The molecule has 2 rings (SSSR count). The predicted octanol–water partition coefficient (Wildman–Crippen LogP) is 7.95. The van der Waals surface area contributed by atoms with Crippen LogP contribution in [0.15, 0.2) is 22.8 Å². The van der Waals surface area contributed by atoms with Gasteiger partial charge in [0.15, 0.2) is 0 Å². The summed E-state index contributed by atoms with van der Waals surface area (Å²) >= 11 is 0. The average molecular weight is 338 g/mol. The second-order valence-corrected chi connectivity index (χ2v) is 5.70. The third kappa shape index (κ3) is 11.4. The van der Waals surface area contributed by atoms with Crippen molar-refractivity contribution in [1.82, 2.24) is 0 Å². The molecule has 0 aromatic rings. The summed E-state index contributed by atoms with van der Waals surface area (Å²) in [5.41, 5.74) is 3.11. The van der Waals surface area contributed by atoms with E-state index in [1.54, 1.807) is 13.0 Å². The standard InChI is InChI=1S/C8H12F2.C7H10F2.2C2H6/c1-6-3-4-8(9,10)5-7(6)2;1-6-2-4-7(8,9)5-3-6;2*1-2/h3-5H2,1-2H3;2H,3-5H2,1H3;2*1-2H3. The van der Waals surface area contributed by atoms with Gasteiger partial charge >= 0.3 is 0 Å². The van der Waals surface area contributed by atoms with Crippen LogP contribution in [-0.2, 0) is 0 Å². The molecule has 0 aromatic carbocycles. The molecule has 23 heavy (non-hydrogen) atoms. The van der Waals surface area contributed by atoms with Gasteiger partial charge in [-0.3, -0.25) is 0 Å². The van der Waals surface area contributed by atoms with E-state index in [9.17, 15) is 17.6 Å². The highest BCUT2D eigenvalue weighted by Gasteiger charge is 2.32. The minimum atomic E-state index is -2.43. The quantitative estimate of drug-likeness (QED) is 0.310. The topological polar surface area (TPSA) is 0 Å². The van der Waals surface area contributed by atoms with Gasteiger partial charge in [-0.15, -0.1) is 0 Å². The van der Waals surface area contributed by atoms with Crippen LogP contribution in [0.4, 0.5) is 17.6 Å². The number of hydrogen-bond acceptors (Lipinski definition) is 0. The first-order chi connectivity index (χ1) is 10.6. The molecule has 138 valence electrons. The number of halogens is 4. The molecule has 0 spiro atoms. The van der Waals surface area contributed by atoms with Crippen molar-refractivity contribution in [1.29, 1.82) is 0 Å². The van der Waals surface area contributed by atoms with Crippen LogP contribution < -0.4 is 0 Å². The van der Waals surface area contributed by atoms with Crippen LogP contribution in [0.3, 0.4) is 0 Å². The van der Waals surface area contributed by atoms with Gasteiger partial charge < -0.3 is 0 Å². The molecule has 0 aliphatic heterocycles. The maximum Gasteiger partial charge on any atom is 0.252 e. The van der Waals surface area contributed by atoms with Crippen molar-refractivity contribution < 1.29 is 17.6 Å². The highest BCUT2D eigenvalue weighted by molar-refractivity contribution is 5.15. The third-order valence-electron chi connectivity index (χ3n) is 3.75. The van der Waals surface area contributed by atoms with E-state index in [4.69, 9.17) is 0 Å². The van der Waals surface area contributed by atoms with Crippen LogP contribution in [0.1, 0.15) is 87.0 Å². The molecule has 0 nitrogen and oxygen atoms in total. The van der Waals surface area contributed by atoms with Gasteiger partial charge in [-0.1, -0.05) is 50.5 Å². The number of rotatable bonds is 0. The van der Waals surface area contributed by atoms with E-state index in [-0.39, 0.29) is 25.7 Å². The van der Waals surface area contributed by atoms with Crippen LogP contribution in [0.2, 0.25) is 0 Å². The first-order valence-corrected chi connectivity index (χ1v) is 8.68. The van der Waals surface area contributed by atoms with Crippen molar-refractivity contribution in [3.05, 3.63) is 22.8 Å². The molecule has 0 aromatic heterocycles. The van der Waals surface area contributed by atoms with Crippen LogP contribution in [0.25, 0.3) is 0 Å². The van der Waals surface area contributed by atoms with Gasteiger partial charge in [-0.2, -0.15) is 0 Å². The third-order valence-corrected chi connectivity index (χ3v) is 3.75. The summed E-state index contributed by atoms with van der Waals surface area (Å²) < 4.78 is 49.9. The van der Waals surface area contributed by atoms with Gasteiger partial charge in [0.05, 0.1) is 0 Å². The summed E-state index contributed by atoms with van der Waals surface area (Å²) in [5.74, 6) is -4.84. The summed E-state index contributed by atoms with van der Waals surface area (Å²) in [7, 11) is 0. The van der Waals surface area contributed by atoms with Gasteiger partial charge in [-0.25, -0.2) is 17.6 Å². The maximum absolute atomic E-state index is 12.6. The number of hydrogen-bond donors (Lipinski definition) is 0. The Morgan fingerprint density at radius 1 is 0.739 bits per heavy atom. The number of allylic oxidation sites excluding steroid dienone is 4. The molecule has 0 bridgehead atoms. The van der Waals surface area contributed by atoms with Crippen molar-refractivity contribution >= 4 is 0 Å². The van der Waals surface area contributed by atoms with Crippen molar-refractivity contribution in [3.63, 3.8) is 0 Å². The van der Waals surface area contributed by atoms with E-state index in [2.05, 4.69) is 0 Å². The SMILES string of the molecule is CC.CC.CC1=C(C)CC(F)(F)CC1.CC1=CCC(F)(F)CC1. The van der Waals surface area contributed by atoms with E-state index in [0.29, 0.717) is 12.8 Å². The van der Waals surface area contributed by atoms with E-state index in [0.717, 1.165) is 16.7 Å². The summed E-state index contributed by atoms with van der Waals surface area (Å²) in [6, 6.07) is 0. The Morgan fingerprint density at radius 2 is 1.22 bits per heavy atom. The van der Waals surface area contributed by atoms with Crippen LogP contribution in [0.5, 0.6) is 0 Å². The highest BCUT2D eigenvalue weighted by Crippen LogP contribution is 2.36. The largest absolute Gasteiger partial charge is 0.252 e. The molecule has 0 atom stereocenters. The van der Waals surface area contributed by atoms with Gasteiger partial charge in [0, 0.05) is 25.7 Å². The Labute approximate surface area is 140 Å². The molecular formula is C19H34F4. The van der Waals surface area contributed by atoms with Crippen molar-refractivity contribution in [2.45, 2.75) is 98.8 Å².